The number of anilines is 1. The number of nitrogens with two attached hydrogens (primary N) is 1. The van der Waals surface area contributed by atoms with Gasteiger partial charge < -0.3 is 11.1 Å². The lowest BCUT2D eigenvalue weighted by Gasteiger charge is -2.07. The Morgan fingerprint density at radius 2 is 2.35 bits per heavy atom. The van der Waals surface area contributed by atoms with E-state index in [2.05, 4.69) is 11.9 Å². The highest BCUT2D eigenvalue weighted by molar-refractivity contribution is 7.99. The molecule has 3 N–H and O–H groups in total. The molecule has 92 valence electrons. The smallest absolute Gasteiger partial charge is 0.253 e. The van der Waals surface area contributed by atoms with Gasteiger partial charge in [-0.2, -0.15) is 11.8 Å². The van der Waals surface area contributed by atoms with Gasteiger partial charge in [0.2, 0.25) is 0 Å². The van der Waals surface area contributed by atoms with Crippen LogP contribution in [0.3, 0.4) is 0 Å². The van der Waals surface area contributed by atoms with Crippen LogP contribution in [-0.4, -0.2) is 24.0 Å². The number of thioether (sulfide) groups is 1. The Morgan fingerprint density at radius 3 is 3.06 bits per heavy atom. The van der Waals surface area contributed by atoms with Crippen molar-refractivity contribution in [2.24, 2.45) is 0 Å². The third kappa shape index (κ3) is 4.11. The molecular weight excluding hydrogens is 239 g/mol. The van der Waals surface area contributed by atoms with Crippen molar-refractivity contribution in [3.63, 3.8) is 0 Å². The van der Waals surface area contributed by atoms with Crippen molar-refractivity contribution in [3.05, 3.63) is 42.2 Å². The molecule has 0 heterocycles. The predicted molar refractivity (Wildman–Crippen MR) is 70.7 cm³/mol. The number of hydrogen-bond acceptors (Lipinski definition) is 3. The van der Waals surface area contributed by atoms with E-state index in [4.69, 9.17) is 5.73 Å². The fraction of sp³-hybridized carbons (Fsp3) is 0.250. The van der Waals surface area contributed by atoms with Gasteiger partial charge in [0.05, 0.1) is 11.3 Å². The Labute approximate surface area is 104 Å². The lowest BCUT2D eigenvalue weighted by atomic mass is 10.1. The van der Waals surface area contributed by atoms with Gasteiger partial charge in [-0.1, -0.05) is 12.1 Å². The van der Waals surface area contributed by atoms with Crippen molar-refractivity contribution in [1.29, 1.82) is 0 Å². The van der Waals surface area contributed by atoms with Crippen molar-refractivity contribution in [2.75, 3.05) is 23.8 Å². The second-order valence-electron chi connectivity index (χ2n) is 3.32. The summed E-state index contributed by atoms with van der Waals surface area (Å²) in [7, 11) is 0. The summed E-state index contributed by atoms with van der Waals surface area (Å²) in [5, 5.41) is 2.69. The van der Waals surface area contributed by atoms with Crippen LogP contribution < -0.4 is 11.1 Å². The zero-order chi connectivity index (χ0) is 12.7. The fourth-order valence-electron chi connectivity index (χ4n) is 1.23. The predicted octanol–water partition coefficient (Wildman–Crippen LogP) is 2.06. The Balaban J connectivity index is 2.47. The van der Waals surface area contributed by atoms with Crippen LogP contribution in [-0.2, 0) is 0 Å². The number of halogens is 1. The number of carbonyl (C=O) groups is 1. The number of hydrogen-bond donors (Lipinski definition) is 2. The van der Waals surface area contributed by atoms with Crippen LogP contribution in [0, 0.1) is 5.82 Å². The van der Waals surface area contributed by atoms with Crippen LogP contribution in [0.1, 0.15) is 10.4 Å². The Morgan fingerprint density at radius 1 is 1.59 bits per heavy atom. The van der Waals surface area contributed by atoms with E-state index >= 15 is 0 Å². The summed E-state index contributed by atoms with van der Waals surface area (Å²) in [4.78, 5) is 11.7. The average Bonchev–Trinajstić information content (AvgIpc) is 2.32. The monoisotopic (exact) mass is 254 g/mol. The normalized spacial score (nSPS) is 9.94. The van der Waals surface area contributed by atoms with E-state index in [-0.39, 0.29) is 17.2 Å². The molecule has 1 aromatic carbocycles. The van der Waals surface area contributed by atoms with E-state index in [0.717, 1.165) is 11.5 Å². The first-order valence-electron chi connectivity index (χ1n) is 5.17. The second kappa shape index (κ2) is 6.96. The van der Waals surface area contributed by atoms with Gasteiger partial charge in [-0.05, 0) is 12.1 Å². The Bertz CT molecular complexity index is 409. The summed E-state index contributed by atoms with van der Waals surface area (Å²) in [6.45, 7) is 4.12. The zero-order valence-electron chi connectivity index (χ0n) is 9.41. The highest BCUT2D eigenvalue weighted by atomic mass is 32.2. The Hall–Kier alpha value is -1.49. The number of amides is 1. The van der Waals surface area contributed by atoms with E-state index in [0.29, 0.717) is 6.54 Å². The molecule has 0 aromatic heterocycles. The quantitative estimate of drug-likeness (QED) is 0.464. The standard InChI is InChI=1S/C12H15FN2OS/c1-2-7-17-8-6-15-12(16)9-4-3-5-10(13)11(9)14/h2-5H,1,6-8,14H2,(H,15,16). The minimum atomic E-state index is -0.571. The highest BCUT2D eigenvalue weighted by Gasteiger charge is 2.11. The molecule has 0 saturated carbocycles. The van der Waals surface area contributed by atoms with Crippen LogP contribution in [0.15, 0.2) is 30.9 Å². The van der Waals surface area contributed by atoms with Crippen molar-refractivity contribution in [3.8, 4) is 0 Å². The van der Waals surface area contributed by atoms with Crippen molar-refractivity contribution in [2.45, 2.75) is 0 Å². The third-order valence-corrected chi connectivity index (χ3v) is 3.03. The first-order valence-corrected chi connectivity index (χ1v) is 6.33. The summed E-state index contributed by atoms with van der Waals surface area (Å²) >= 11 is 1.66. The molecule has 3 nitrogen and oxygen atoms in total. The van der Waals surface area contributed by atoms with Crippen molar-refractivity contribution >= 4 is 23.4 Å². The molecule has 0 bridgehead atoms. The third-order valence-electron chi connectivity index (χ3n) is 2.07. The lowest BCUT2D eigenvalue weighted by molar-refractivity contribution is 0.0956. The maximum Gasteiger partial charge on any atom is 0.253 e. The van der Waals surface area contributed by atoms with Gasteiger partial charge in [-0.3, -0.25) is 4.79 Å². The second-order valence-corrected chi connectivity index (χ2v) is 4.47. The van der Waals surface area contributed by atoms with Crippen molar-refractivity contribution < 1.29 is 9.18 Å². The van der Waals surface area contributed by atoms with Crippen LogP contribution in [0.5, 0.6) is 0 Å². The highest BCUT2D eigenvalue weighted by Crippen LogP contribution is 2.15. The molecule has 1 aromatic rings. The van der Waals surface area contributed by atoms with Crippen molar-refractivity contribution in [1.82, 2.24) is 5.32 Å². The van der Waals surface area contributed by atoms with Gasteiger partial charge in [0.25, 0.3) is 5.91 Å². The van der Waals surface area contributed by atoms with E-state index in [1.165, 1.54) is 18.2 Å². The number of rotatable bonds is 6. The van der Waals surface area contributed by atoms with Gasteiger partial charge in [0, 0.05) is 18.1 Å². The molecule has 1 amide bonds. The summed E-state index contributed by atoms with van der Waals surface area (Å²) in [6.07, 6.45) is 1.80. The summed E-state index contributed by atoms with van der Waals surface area (Å²) in [5.41, 5.74) is 5.55. The molecule has 0 saturated heterocycles. The molecule has 0 aliphatic rings. The molecule has 0 aliphatic carbocycles. The zero-order valence-corrected chi connectivity index (χ0v) is 10.2. The molecule has 0 atom stereocenters. The number of nitrogen functional groups attached to an aromatic ring is 1. The first-order chi connectivity index (χ1) is 8.16. The lowest BCUT2D eigenvalue weighted by Crippen LogP contribution is -2.26. The average molecular weight is 254 g/mol. The van der Waals surface area contributed by atoms with Crippen LogP contribution >= 0.6 is 11.8 Å². The van der Waals surface area contributed by atoms with E-state index in [9.17, 15) is 9.18 Å². The first kappa shape index (κ1) is 13.6. The number of benzene rings is 1. The maximum absolute atomic E-state index is 13.1. The largest absolute Gasteiger partial charge is 0.396 e. The van der Waals surface area contributed by atoms with E-state index in [1.807, 2.05) is 0 Å². The molecular formula is C12H15FN2OS. The van der Waals surface area contributed by atoms with Gasteiger partial charge in [-0.25, -0.2) is 4.39 Å². The van der Waals surface area contributed by atoms with E-state index in [1.54, 1.807) is 17.8 Å². The molecule has 0 spiro atoms. The SMILES string of the molecule is C=CCSCCNC(=O)c1cccc(F)c1N. The maximum atomic E-state index is 13.1. The van der Waals surface area contributed by atoms with Crippen LogP contribution in [0.25, 0.3) is 0 Å². The minimum absolute atomic E-state index is 0.108. The van der Waals surface area contributed by atoms with Crippen LogP contribution in [0.2, 0.25) is 0 Å². The molecule has 0 fully saturated rings. The number of nitrogens with one attached hydrogen (secondary N) is 1. The van der Waals surface area contributed by atoms with Gasteiger partial charge in [0.1, 0.15) is 5.82 Å². The number of carbonyl (C=O) groups excluding carboxylic acids is 1. The molecule has 0 radical (unpaired) electrons. The molecule has 1 rings (SSSR count). The summed E-state index contributed by atoms with van der Waals surface area (Å²) in [5.74, 6) is 0.713. The topological polar surface area (TPSA) is 55.1 Å². The molecule has 0 unspecified atom stereocenters. The molecule has 0 aliphatic heterocycles. The minimum Gasteiger partial charge on any atom is -0.396 e. The van der Waals surface area contributed by atoms with Gasteiger partial charge in [-0.15, -0.1) is 6.58 Å². The van der Waals surface area contributed by atoms with Gasteiger partial charge in [0.15, 0.2) is 0 Å². The molecule has 5 heteroatoms. The van der Waals surface area contributed by atoms with Crippen LogP contribution in [0.4, 0.5) is 10.1 Å². The summed E-state index contributed by atoms with van der Waals surface area (Å²) < 4.78 is 13.1. The van der Waals surface area contributed by atoms with Gasteiger partial charge >= 0.3 is 0 Å². The fourth-order valence-corrected chi connectivity index (χ4v) is 1.81. The summed E-state index contributed by atoms with van der Waals surface area (Å²) in [6, 6.07) is 4.20. The van der Waals surface area contributed by atoms with E-state index < -0.39 is 5.82 Å². The number of para-hydroxylation sites is 1. The molecule has 17 heavy (non-hydrogen) atoms. The Kier molecular flexibility index (Phi) is 5.56.